The van der Waals surface area contributed by atoms with Crippen LogP contribution in [-0.4, -0.2) is 39.9 Å². The topological polar surface area (TPSA) is 94.5 Å². The van der Waals surface area contributed by atoms with E-state index in [2.05, 4.69) is 15.2 Å². The number of anilines is 1. The van der Waals surface area contributed by atoms with Crippen LogP contribution in [0.3, 0.4) is 0 Å². The molecule has 1 aliphatic heterocycles. The summed E-state index contributed by atoms with van der Waals surface area (Å²) in [5, 5.41) is 9.09. The monoisotopic (exact) mass is 450 g/mol. The van der Waals surface area contributed by atoms with E-state index in [0.29, 0.717) is 39.1 Å². The number of thioether (sulfide) groups is 1. The van der Waals surface area contributed by atoms with Crippen LogP contribution < -0.4 is 9.64 Å². The lowest BCUT2D eigenvalue weighted by Gasteiger charge is -2.30. The van der Waals surface area contributed by atoms with Crippen LogP contribution in [0.5, 0.6) is 5.88 Å². The molecule has 2 heterocycles. The summed E-state index contributed by atoms with van der Waals surface area (Å²) in [4.78, 5) is 31.2. The first kappa shape index (κ1) is 21.8. The van der Waals surface area contributed by atoms with Gasteiger partial charge in [0.25, 0.3) is 0 Å². The molecule has 4 rings (SSSR count). The van der Waals surface area contributed by atoms with Gasteiger partial charge in [-0.3, -0.25) is 9.69 Å². The Morgan fingerprint density at radius 3 is 2.53 bits per heavy atom. The first-order valence-electron chi connectivity index (χ1n) is 10.2. The van der Waals surface area contributed by atoms with Gasteiger partial charge in [0.2, 0.25) is 23.2 Å². The van der Waals surface area contributed by atoms with E-state index in [1.165, 1.54) is 18.9 Å². The third kappa shape index (κ3) is 4.03. The normalized spacial score (nSPS) is 14.6. The van der Waals surface area contributed by atoms with Crippen molar-refractivity contribution in [2.75, 3.05) is 17.8 Å². The number of para-hydroxylation sites is 1. The predicted molar refractivity (Wildman–Crippen MR) is 121 cm³/mol. The highest BCUT2D eigenvalue weighted by molar-refractivity contribution is 7.99. The molecule has 1 atom stereocenters. The SMILES string of the molecule is CCSc1nnc2c(n1)OC(c1ccc(C(=O)OC)cc1)N(C(=O)CC)c1ccccc1-2. The van der Waals surface area contributed by atoms with Crippen LogP contribution in [0.15, 0.2) is 53.7 Å². The number of hydrogen-bond acceptors (Lipinski definition) is 8. The summed E-state index contributed by atoms with van der Waals surface area (Å²) in [6.07, 6.45) is -0.520. The highest BCUT2D eigenvalue weighted by Gasteiger charge is 2.35. The number of carbonyl (C=O) groups is 2. The van der Waals surface area contributed by atoms with Gasteiger partial charge in [-0.15, -0.1) is 10.2 Å². The van der Waals surface area contributed by atoms with Gasteiger partial charge >= 0.3 is 5.97 Å². The van der Waals surface area contributed by atoms with Crippen molar-refractivity contribution < 1.29 is 19.1 Å². The number of methoxy groups -OCH3 is 1. The molecular formula is C23H22N4O4S. The summed E-state index contributed by atoms with van der Waals surface area (Å²) in [7, 11) is 1.33. The Bertz CT molecular complexity index is 1150. The maximum absolute atomic E-state index is 13.1. The van der Waals surface area contributed by atoms with E-state index in [-0.39, 0.29) is 12.3 Å². The zero-order chi connectivity index (χ0) is 22.7. The van der Waals surface area contributed by atoms with E-state index in [4.69, 9.17) is 9.47 Å². The molecule has 32 heavy (non-hydrogen) atoms. The van der Waals surface area contributed by atoms with E-state index < -0.39 is 12.2 Å². The molecular weight excluding hydrogens is 428 g/mol. The van der Waals surface area contributed by atoms with Gasteiger partial charge in [-0.25, -0.2) is 4.79 Å². The Balaban J connectivity index is 1.89. The van der Waals surface area contributed by atoms with Crippen LogP contribution in [0.1, 0.15) is 42.4 Å². The maximum Gasteiger partial charge on any atom is 0.337 e. The molecule has 0 radical (unpaired) electrons. The van der Waals surface area contributed by atoms with Crippen molar-refractivity contribution in [3.8, 4) is 17.1 Å². The zero-order valence-electron chi connectivity index (χ0n) is 17.9. The summed E-state index contributed by atoms with van der Waals surface area (Å²) < 4.78 is 11.1. The number of carbonyl (C=O) groups excluding carboxylic acids is 2. The molecule has 164 valence electrons. The van der Waals surface area contributed by atoms with Gasteiger partial charge < -0.3 is 9.47 Å². The molecule has 3 aromatic rings. The molecule has 0 N–H and O–H groups in total. The lowest BCUT2D eigenvalue weighted by atomic mass is 10.1. The maximum atomic E-state index is 13.1. The number of esters is 1. The Kier molecular flexibility index (Phi) is 6.36. The van der Waals surface area contributed by atoms with E-state index >= 15 is 0 Å². The Morgan fingerprint density at radius 1 is 1.09 bits per heavy atom. The van der Waals surface area contributed by atoms with Crippen LogP contribution in [0.4, 0.5) is 5.69 Å². The smallest absolute Gasteiger partial charge is 0.337 e. The minimum atomic E-state index is -0.798. The Hall–Kier alpha value is -3.46. The quantitative estimate of drug-likeness (QED) is 0.420. The average molecular weight is 451 g/mol. The van der Waals surface area contributed by atoms with Crippen molar-refractivity contribution in [1.82, 2.24) is 15.2 Å². The van der Waals surface area contributed by atoms with Crippen molar-refractivity contribution in [2.45, 2.75) is 31.7 Å². The number of fused-ring (bicyclic) bond motifs is 3. The number of ether oxygens (including phenoxy) is 2. The second kappa shape index (κ2) is 9.35. The fraction of sp³-hybridized carbons (Fsp3) is 0.261. The summed E-state index contributed by atoms with van der Waals surface area (Å²) in [5.41, 5.74) is 2.94. The van der Waals surface area contributed by atoms with Crippen LogP contribution in [0.25, 0.3) is 11.3 Å². The molecule has 1 amide bonds. The van der Waals surface area contributed by atoms with Crippen LogP contribution in [-0.2, 0) is 9.53 Å². The van der Waals surface area contributed by atoms with E-state index in [1.807, 2.05) is 31.2 Å². The standard InChI is InChI=1S/C23H22N4O4S/c1-4-18(28)27-17-9-7-6-8-16(17)19-20(24-23(26-25-19)32-5-2)31-21(27)14-10-12-15(13-11-14)22(29)30-3/h6-13,21H,4-5H2,1-3H3. The first-order valence-corrected chi connectivity index (χ1v) is 11.2. The second-order valence-corrected chi connectivity index (χ2v) is 8.13. The molecule has 1 unspecified atom stereocenters. The molecule has 8 nitrogen and oxygen atoms in total. The third-order valence-corrected chi connectivity index (χ3v) is 5.69. The highest BCUT2D eigenvalue weighted by Crippen LogP contribution is 2.43. The van der Waals surface area contributed by atoms with Gasteiger partial charge in [-0.1, -0.05) is 55.9 Å². The van der Waals surface area contributed by atoms with E-state index in [9.17, 15) is 9.59 Å². The lowest BCUT2D eigenvalue weighted by molar-refractivity contribution is -0.120. The van der Waals surface area contributed by atoms with Crippen molar-refractivity contribution in [3.63, 3.8) is 0 Å². The molecule has 2 aromatic carbocycles. The molecule has 0 fully saturated rings. The zero-order valence-corrected chi connectivity index (χ0v) is 18.8. The van der Waals surface area contributed by atoms with Gasteiger partial charge in [-0.2, -0.15) is 4.98 Å². The summed E-state index contributed by atoms with van der Waals surface area (Å²) in [6, 6.07) is 14.2. The molecule has 1 aliphatic rings. The average Bonchev–Trinajstić information content (AvgIpc) is 2.98. The molecule has 9 heteroatoms. The molecule has 0 saturated heterocycles. The van der Waals surface area contributed by atoms with E-state index in [1.54, 1.807) is 36.1 Å². The van der Waals surface area contributed by atoms with Crippen molar-refractivity contribution in [2.24, 2.45) is 0 Å². The lowest BCUT2D eigenvalue weighted by Crippen LogP contribution is -2.37. The van der Waals surface area contributed by atoms with Crippen LogP contribution in [0.2, 0.25) is 0 Å². The largest absolute Gasteiger partial charge is 0.465 e. The second-order valence-electron chi connectivity index (χ2n) is 6.90. The van der Waals surface area contributed by atoms with Crippen molar-refractivity contribution in [1.29, 1.82) is 0 Å². The summed E-state index contributed by atoms with van der Waals surface area (Å²) >= 11 is 1.46. The molecule has 0 aliphatic carbocycles. The Morgan fingerprint density at radius 2 is 1.84 bits per heavy atom. The van der Waals surface area contributed by atoms with Crippen molar-refractivity contribution >= 4 is 29.3 Å². The third-order valence-electron chi connectivity index (χ3n) is 4.97. The number of aromatic nitrogens is 3. The van der Waals surface area contributed by atoms with E-state index in [0.717, 1.165) is 5.75 Å². The number of hydrogen-bond donors (Lipinski definition) is 0. The summed E-state index contributed by atoms with van der Waals surface area (Å²) in [5.74, 6) is 0.532. The highest BCUT2D eigenvalue weighted by atomic mass is 32.2. The van der Waals surface area contributed by atoms with Crippen LogP contribution >= 0.6 is 11.8 Å². The number of rotatable bonds is 5. The first-order chi connectivity index (χ1) is 15.6. The molecule has 1 aromatic heterocycles. The minimum Gasteiger partial charge on any atom is -0.465 e. The molecule has 0 bridgehead atoms. The number of benzene rings is 2. The van der Waals surface area contributed by atoms with Gasteiger partial charge in [0.15, 0.2) is 5.69 Å². The fourth-order valence-corrected chi connectivity index (χ4v) is 3.97. The number of amides is 1. The van der Waals surface area contributed by atoms with Crippen LogP contribution in [0, 0.1) is 0 Å². The molecule has 0 spiro atoms. The summed E-state index contributed by atoms with van der Waals surface area (Å²) in [6.45, 7) is 3.80. The molecule has 0 saturated carbocycles. The number of nitrogens with zero attached hydrogens (tertiary/aromatic N) is 4. The minimum absolute atomic E-state index is 0.122. The fourth-order valence-electron chi connectivity index (χ4n) is 3.46. The van der Waals surface area contributed by atoms with Gasteiger partial charge in [0.1, 0.15) is 0 Å². The Labute approximate surface area is 190 Å². The van der Waals surface area contributed by atoms with Gasteiger partial charge in [-0.05, 0) is 24.0 Å². The van der Waals surface area contributed by atoms with Crippen molar-refractivity contribution in [3.05, 3.63) is 59.7 Å². The predicted octanol–water partition coefficient (Wildman–Crippen LogP) is 4.27. The van der Waals surface area contributed by atoms with Gasteiger partial charge in [0.05, 0.1) is 18.4 Å². The van der Waals surface area contributed by atoms with Gasteiger partial charge in [0, 0.05) is 17.5 Å².